The fraction of sp³-hybridized carbons (Fsp3) is 0.333. The number of aromatic nitrogens is 1. The Morgan fingerprint density at radius 3 is 2.70 bits per heavy atom. The molecule has 1 amide bonds. The molecule has 1 aliphatic carbocycles. The summed E-state index contributed by atoms with van der Waals surface area (Å²) in [5, 5.41) is 3.09. The topological polar surface area (TPSA) is 51.2 Å². The lowest BCUT2D eigenvalue weighted by Crippen LogP contribution is -2.45. The van der Waals surface area contributed by atoms with Crippen LogP contribution in [-0.2, 0) is 0 Å². The summed E-state index contributed by atoms with van der Waals surface area (Å²) in [5.41, 5.74) is 0.664. The zero-order valence-corrected chi connectivity index (χ0v) is 13.9. The standard InChI is InChI=1S/C18H20N2O2S/c1-23-12-13-9-15(10-13)20-18(21)14-4-6-16(7-5-14)22-17-3-2-8-19-11-17/h2-8,11,13,15H,9-10,12H2,1H3,(H,20,21). The summed E-state index contributed by atoms with van der Waals surface area (Å²) in [6.45, 7) is 0. The van der Waals surface area contributed by atoms with Crippen LogP contribution < -0.4 is 10.1 Å². The van der Waals surface area contributed by atoms with E-state index >= 15 is 0 Å². The number of hydrogen-bond donors (Lipinski definition) is 1. The van der Waals surface area contributed by atoms with E-state index in [4.69, 9.17) is 4.74 Å². The second kappa shape index (κ2) is 7.51. The highest BCUT2D eigenvalue weighted by Gasteiger charge is 2.29. The minimum Gasteiger partial charge on any atom is -0.456 e. The van der Waals surface area contributed by atoms with Gasteiger partial charge in [0.25, 0.3) is 5.91 Å². The highest BCUT2D eigenvalue weighted by atomic mass is 32.2. The average Bonchev–Trinajstić information content (AvgIpc) is 2.54. The van der Waals surface area contributed by atoms with Crippen molar-refractivity contribution in [2.24, 2.45) is 5.92 Å². The highest BCUT2D eigenvalue weighted by Crippen LogP contribution is 2.30. The lowest BCUT2D eigenvalue weighted by atomic mass is 9.81. The Morgan fingerprint density at radius 1 is 1.26 bits per heavy atom. The molecule has 4 nitrogen and oxygen atoms in total. The molecule has 0 saturated heterocycles. The molecular weight excluding hydrogens is 308 g/mol. The molecule has 1 heterocycles. The van der Waals surface area contributed by atoms with E-state index in [1.54, 1.807) is 36.7 Å². The predicted molar refractivity (Wildman–Crippen MR) is 93.1 cm³/mol. The van der Waals surface area contributed by atoms with E-state index < -0.39 is 0 Å². The molecule has 1 fully saturated rings. The van der Waals surface area contributed by atoms with Crippen molar-refractivity contribution < 1.29 is 9.53 Å². The van der Waals surface area contributed by atoms with Crippen LogP contribution >= 0.6 is 11.8 Å². The molecule has 0 atom stereocenters. The van der Waals surface area contributed by atoms with Gasteiger partial charge in [-0.25, -0.2) is 0 Å². The average molecular weight is 328 g/mol. The first kappa shape index (κ1) is 15.9. The quantitative estimate of drug-likeness (QED) is 0.877. The van der Waals surface area contributed by atoms with Crippen LogP contribution in [0, 0.1) is 5.92 Å². The van der Waals surface area contributed by atoms with Crippen LogP contribution in [-0.4, -0.2) is 28.9 Å². The van der Waals surface area contributed by atoms with E-state index in [1.165, 1.54) is 5.75 Å². The highest BCUT2D eigenvalue weighted by molar-refractivity contribution is 7.98. The predicted octanol–water partition coefficient (Wildman–Crippen LogP) is 3.75. The van der Waals surface area contributed by atoms with Crippen LogP contribution in [0.3, 0.4) is 0 Å². The Bertz CT molecular complexity index is 640. The number of rotatable bonds is 6. The molecular formula is C18H20N2O2S. The molecule has 0 unspecified atom stereocenters. The Balaban J connectivity index is 1.52. The molecule has 1 aromatic heterocycles. The molecule has 5 heteroatoms. The van der Waals surface area contributed by atoms with E-state index in [0.717, 1.165) is 18.8 Å². The van der Waals surface area contributed by atoms with Gasteiger partial charge in [-0.3, -0.25) is 9.78 Å². The monoisotopic (exact) mass is 328 g/mol. The van der Waals surface area contributed by atoms with Crippen molar-refractivity contribution in [3.05, 3.63) is 54.4 Å². The summed E-state index contributed by atoms with van der Waals surface area (Å²) in [7, 11) is 0. The molecule has 1 aromatic carbocycles. The maximum Gasteiger partial charge on any atom is 0.251 e. The molecule has 3 rings (SSSR count). The number of pyridine rings is 1. The molecule has 120 valence electrons. The fourth-order valence-corrected chi connectivity index (χ4v) is 3.46. The first-order valence-corrected chi connectivity index (χ1v) is 9.11. The Kier molecular flexibility index (Phi) is 5.18. The number of benzene rings is 1. The molecule has 1 N–H and O–H groups in total. The van der Waals surface area contributed by atoms with Crippen molar-refractivity contribution in [1.82, 2.24) is 10.3 Å². The first-order chi connectivity index (χ1) is 11.2. The van der Waals surface area contributed by atoms with E-state index in [-0.39, 0.29) is 5.91 Å². The smallest absolute Gasteiger partial charge is 0.251 e. The lowest BCUT2D eigenvalue weighted by molar-refractivity contribution is 0.0897. The van der Waals surface area contributed by atoms with Gasteiger partial charge in [0.1, 0.15) is 11.5 Å². The summed E-state index contributed by atoms with van der Waals surface area (Å²) in [6.07, 6.45) is 7.66. The minimum absolute atomic E-state index is 0.00877. The van der Waals surface area contributed by atoms with E-state index in [2.05, 4.69) is 16.6 Å². The summed E-state index contributed by atoms with van der Waals surface area (Å²) in [5.74, 6) is 3.31. The zero-order valence-electron chi connectivity index (χ0n) is 13.1. The summed E-state index contributed by atoms with van der Waals surface area (Å²) in [4.78, 5) is 16.2. The summed E-state index contributed by atoms with van der Waals surface area (Å²) >= 11 is 1.87. The molecule has 0 aliphatic heterocycles. The Morgan fingerprint density at radius 2 is 2.04 bits per heavy atom. The van der Waals surface area contributed by atoms with Gasteiger partial charge in [0, 0.05) is 17.8 Å². The molecule has 1 saturated carbocycles. The second-order valence-corrected chi connectivity index (χ2v) is 6.69. The van der Waals surface area contributed by atoms with E-state index in [9.17, 15) is 4.79 Å². The van der Waals surface area contributed by atoms with Crippen molar-refractivity contribution in [3.63, 3.8) is 0 Å². The molecule has 0 radical (unpaired) electrons. The van der Waals surface area contributed by atoms with Gasteiger partial charge in [-0.15, -0.1) is 0 Å². The van der Waals surface area contributed by atoms with Gasteiger partial charge in [-0.05, 0) is 67.2 Å². The normalized spacial score (nSPS) is 19.7. The number of carbonyl (C=O) groups excluding carboxylic acids is 1. The van der Waals surface area contributed by atoms with Gasteiger partial charge in [-0.2, -0.15) is 11.8 Å². The first-order valence-electron chi connectivity index (χ1n) is 7.72. The van der Waals surface area contributed by atoms with Gasteiger partial charge in [0.05, 0.1) is 6.20 Å². The van der Waals surface area contributed by atoms with Gasteiger partial charge in [0.15, 0.2) is 0 Å². The van der Waals surface area contributed by atoms with Crippen molar-refractivity contribution >= 4 is 17.7 Å². The SMILES string of the molecule is CSCC1CC(NC(=O)c2ccc(Oc3cccnc3)cc2)C1. The van der Waals surface area contributed by atoms with Crippen LogP contribution in [0.2, 0.25) is 0 Å². The van der Waals surface area contributed by atoms with Gasteiger partial charge in [-0.1, -0.05) is 0 Å². The maximum absolute atomic E-state index is 12.2. The summed E-state index contributed by atoms with van der Waals surface area (Å²) < 4.78 is 5.67. The van der Waals surface area contributed by atoms with Crippen molar-refractivity contribution in [3.8, 4) is 11.5 Å². The molecule has 0 spiro atoms. The van der Waals surface area contributed by atoms with Crippen LogP contribution in [0.1, 0.15) is 23.2 Å². The van der Waals surface area contributed by atoms with Crippen molar-refractivity contribution in [2.75, 3.05) is 12.0 Å². The van der Waals surface area contributed by atoms with Crippen LogP contribution in [0.15, 0.2) is 48.8 Å². The van der Waals surface area contributed by atoms with Crippen LogP contribution in [0.4, 0.5) is 0 Å². The second-order valence-electron chi connectivity index (χ2n) is 5.78. The number of nitrogens with zero attached hydrogens (tertiary/aromatic N) is 1. The third-order valence-corrected chi connectivity index (χ3v) is 4.76. The van der Waals surface area contributed by atoms with Crippen molar-refractivity contribution in [1.29, 1.82) is 0 Å². The van der Waals surface area contributed by atoms with E-state index in [1.807, 2.05) is 23.9 Å². The molecule has 2 aromatic rings. The van der Waals surface area contributed by atoms with Gasteiger partial charge < -0.3 is 10.1 Å². The van der Waals surface area contributed by atoms with Crippen molar-refractivity contribution in [2.45, 2.75) is 18.9 Å². The van der Waals surface area contributed by atoms with Gasteiger partial charge in [0.2, 0.25) is 0 Å². The third kappa shape index (κ3) is 4.26. The Labute approximate surface area is 140 Å². The maximum atomic E-state index is 12.2. The summed E-state index contributed by atoms with van der Waals surface area (Å²) in [6, 6.07) is 11.2. The van der Waals surface area contributed by atoms with Crippen LogP contribution in [0.5, 0.6) is 11.5 Å². The minimum atomic E-state index is -0.00877. The number of nitrogens with one attached hydrogen (secondary N) is 1. The number of thioether (sulfide) groups is 1. The number of carbonyl (C=O) groups is 1. The number of ether oxygens (including phenoxy) is 1. The fourth-order valence-electron chi connectivity index (χ4n) is 2.71. The third-order valence-electron chi connectivity index (χ3n) is 3.96. The van der Waals surface area contributed by atoms with E-state index in [0.29, 0.717) is 23.1 Å². The van der Waals surface area contributed by atoms with Crippen LogP contribution in [0.25, 0.3) is 0 Å². The largest absolute Gasteiger partial charge is 0.456 e. The number of hydrogen-bond acceptors (Lipinski definition) is 4. The van der Waals surface area contributed by atoms with Gasteiger partial charge >= 0.3 is 0 Å². The number of amides is 1. The molecule has 1 aliphatic rings. The zero-order chi connectivity index (χ0) is 16.1. The Hall–Kier alpha value is -2.01. The molecule has 23 heavy (non-hydrogen) atoms. The lowest BCUT2D eigenvalue weighted by Gasteiger charge is -2.35. The molecule has 0 bridgehead atoms.